The van der Waals surface area contributed by atoms with Gasteiger partial charge in [0.2, 0.25) is 6.29 Å². The lowest BCUT2D eigenvalue weighted by atomic mass is 9.99. The van der Waals surface area contributed by atoms with Gasteiger partial charge >= 0.3 is 11.9 Å². The second-order valence-corrected chi connectivity index (χ2v) is 8.38. The van der Waals surface area contributed by atoms with Crippen LogP contribution in [0.4, 0.5) is 0 Å². The van der Waals surface area contributed by atoms with Gasteiger partial charge in [0.15, 0.2) is 16.9 Å². The molecule has 0 unspecified atom stereocenters. The van der Waals surface area contributed by atoms with Gasteiger partial charge in [0, 0.05) is 23.8 Å². The third-order valence-electron chi connectivity index (χ3n) is 5.67. The molecule has 0 bridgehead atoms. The van der Waals surface area contributed by atoms with Crippen molar-refractivity contribution in [3.8, 4) is 34.3 Å². The van der Waals surface area contributed by atoms with Crippen molar-refractivity contribution in [2.75, 3.05) is 6.61 Å². The number of carbonyl (C=O) groups is 2. The molecule has 0 spiro atoms. The average molecular weight is 534 g/mol. The van der Waals surface area contributed by atoms with Crippen molar-refractivity contribution < 1.29 is 64.0 Å². The van der Waals surface area contributed by atoms with E-state index in [1.54, 1.807) is 0 Å². The van der Waals surface area contributed by atoms with Gasteiger partial charge < -0.3 is 54.4 Å². The van der Waals surface area contributed by atoms with Crippen molar-refractivity contribution >= 4 is 22.9 Å². The molecular weight excluding hydrogens is 512 g/mol. The topological polar surface area (TPSA) is 234 Å². The van der Waals surface area contributed by atoms with Crippen molar-refractivity contribution in [3.05, 3.63) is 46.6 Å². The van der Waals surface area contributed by atoms with Gasteiger partial charge in [0.25, 0.3) is 0 Å². The van der Waals surface area contributed by atoms with Gasteiger partial charge in [0.05, 0.1) is 0 Å². The van der Waals surface area contributed by atoms with Gasteiger partial charge in [-0.3, -0.25) is 14.4 Å². The summed E-state index contributed by atoms with van der Waals surface area (Å²) in [5.74, 6) is -4.20. The summed E-state index contributed by atoms with van der Waals surface area (Å²) >= 11 is 0. The highest BCUT2D eigenvalue weighted by molar-refractivity contribution is 5.90. The normalized spacial score (nSPS) is 23.2. The molecule has 1 aromatic heterocycles. The summed E-state index contributed by atoms with van der Waals surface area (Å²) < 4.78 is 21.3. The van der Waals surface area contributed by atoms with Crippen LogP contribution >= 0.6 is 0 Å². The number of phenolic OH excluding ortho intramolecular Hbond substituents is 3. The highest BCUT2D eigenvalue weighted by atomic mass is 16.7. The van der Waals surface area contributed by atoms with Crippen molar-refractivity contribution in [1.82, 2.24) is 0 Å². The fourth-order valence-electron chi connectivity index (χ4n) is 3.77. The fraction of sp³-hybridized carbons (Fsp3) is 0.292. The van der Waals surface area contributed by atoms with E-state index in [1.165, 1.54) is 18.2 Å². The number of esters is 1. The zero-order valence-electron chi connectivity index (χ0n) is 19.3. The minimum Gasteiger partial charge on any atom is -0.507 e. The van der Waals surface area contributed by atoms with E-state index in [-0.39, 0.29) is 28.0 Å². The van der Waals surface area contributed by atoms with E-state index in [4.69, 9.17) is 23.7 Å². The van der Waals surface area contributed by atoms with E-state index >= 15 is 0 Å². The zero-order valence-corrected chi connectivity index (χ0v) is 19.3. The molecule has 1 fully saturated rings. The van der Waals surface area contributed by atoms with Crippen molar-refractivity contribution in [2.24, 2.45) is 0 Å². The van der Waals surface area contributed by atoms with Crippen molar-refractivity contribution in [2.45, 2.75) is 37.1 Å². The average Bonchev–Trinajstić information content (AvgIpc) is 2.84. The predicted octanol–water partition coefficient (Wildman–Crippen LogP) is -0.219. The molecule has 4 rings (SSSR count). The lowest BCUT2D eigenvalue weighted by Gasteiger charge is -2.39. The first-order valence-electron chi connectivity index (χ1n) is 11.0. The monoisotopic (exact) mass is 534 g/mol. The van der Waals surface area contributed by atoms with Crippen LogP contribution in [0.5, 0.6) is 23.0 Å². The minimum absolute atomic E-state index is 0.0231. The number of carboxylic acids is 1. The number of aliphatic hydroxyl groups is 3. The molecule has 5 atom stereocenters. The van der Waals surface area contributed by atoms with Gasteiger partial charge in [-0.15, -0.1) is 0 Å². The third kappa shape index (κ3) is 5.47. The van der Waals surface area contributed by atoms with Gasteiger partial charge in [0.1, 0.15) is 65.7 Å². The van der Waals surface area contributed by atoms with Crippen molar-refractivity contribution in [3.63, 3.8) is 0 Å². The van der Waals surface area contributed by atoms with Crippen LogP contribution in [0.2, 0.25) is 0 Å². The van der Waals surface area contributed by atoms with Crippen LogP contribution in [-0.2, 0) is 19.1 Å². The van der Waals surface area contributed by atoms with Crippen LogP contribution in [0.3, 0.4) is 0 Å². The van der Waals surface area contributed by atoms with Crippen LogP contribution in [0.1, 0.15) is 6.42 Å². The number of rotatable bonds is 7. The molecule has 1 saturated heterocycles. The molecule has 3 aromatic rings. The van der Waals surface area contributed by atoms with E-state index in [1.807, 2.05) is 0 Å². The second-order valence-electron chi connectivity index (χ2n) is 8.38. The predicted molar refractivity (Wildman–Crippen MR) is 123 cm³/mol. The summed E-state index contributed by atoms with van der Waals surface area (Å²) in [6, 6.07) is 6.97. The van der Waals surface area contributed by atoms with Crippen LogP contribution in [-0.4, -0.2) is 85.0 Å². The standard InChI is InChI=1S/C24H22O14/c25-11-2-1-9(3-12(11)26)15-6-14(28)20-13(27)4-10(5-16(20)37-15)36-24-23(34)22(33)21(32)17(38-24)8-35-19(31)7-18(29)30/h1-6,17,21-27,32-34H,7-8H2,(H,29,30)/t17-,21+,22-,23+,24+/m0/s1. The van der Waals surface area contributed by atoms with E-state index in [2.05, 4.69) is 0 Å². The molecule has 0 radical (unpaired) electrons. The maximum atomic E-state index is 12.6. The van der Waals surface area contributed by atoms with Crippen LogP contribution in [0, 0.1) is 0 Å². The second kappa shape index (κ2) is 10.5. The summed E-state index contributed by atoms with van der Waals surface area (Å²) in [6.07, 6.45) is -9.39. The maximum absolute atomic E-state index is 12.6. The number of carboxylic acid groups (broad SMARTS) is 1. The number of aliphatic hydroxyl groups excluding tert-OH is 3. The summed E-state index contributed by atoms with van der Waals surface area (Å²) in [5, 5.41) is 68.8. The molecule has 2 heterocycles. The number of phenols is 3. The Labute approximate surface area is 212 Å². The summed E-state index contributed by atoms with van der Waals surface area (Å²) in [7, 11) is 0. The molecule has 0 aliphatic carbocycles. The lowest BCUT2D eigenvalue weighted by Crippen LogP contribution is -2.60. The Morgan fingerprint density at radius 1 is 0.895 bits per heavy atom. The number of fused-ring (bicyclic) bond motifs is 1. The Morgan fingerprint density at radius 3 is 2.32 bits per heavy atom. The Morgan fingerprint density at radius 2 is 1.63 bits per heavy atom. The Bertz CT molecular complexity index is 1430. The Hall–Kier alpha value is -4.37. The molecule has 38 heavy (non-hydrogen) atoms. The Kier molecular flexibility index (Phi) is 7.41. The highest BCUT2D eigenvalue weighted by Crippen LogP contribution is 2.35. The molecule has 14 nitrogen and oxygen atoms in total. The number of hydrogen-bond acceptors (Lipinski definition) is 13. The molecule has 202 valence electrons. The van der Waals surface area contributed by atoms with E-state index in [0.29, 0.717) is 0 Å². The number of aromatic hydroxyl groups is 3. The molecule has 1 aliphatic heterocycles. The van der Waals surface area contributed by atoms with Crippen LogP contribution < -0.4 is 10.2 Å². The molecule has 0 amide bonds. The Balaban J connectivity index is 1.60. The number of carbonyl (C=O) groups excluding carboxylic acids is 1. The molecular formula is C24H22O14. The summed E-state index contributed by atoms with van der Waals surface area (Å²) in [4.78, 5) is 34.7. The van der Waals surface area contributed by atoms with Crippen molar-refractivity contribution in [1.29, 1.82) is 0 Å². The molecule has 2 aromatic carbocycles. The smallest absolute Gasteiger partial charge is 0.317 e. The lowest BCUT2D eigenvalue weighted by molar-refractivity contribution is -0.278. The van der Waals surface area contributed by atoms with E-state index < -0.39 is 78.3 Å². The summed E-state index contributed by atoms with van der Waals surface area (Å²) in [6.45, 7) is -0.669. The molecule has 1 aliphatic rings. The first kappa shape index (κ1) is 26.7. The van der Waals surface area contributed by atoms with E-state index in [0.717, 1.165) is 18.2 Å². The fourth-order valence-corrected chi connectivity index (χ4v) is 3.77. The number of ether oxygens (including phenoxy) is 3. The third-order valence-corrected chi connectivity index (χ3v) is 5.67. The maximum Gasteiger partial charge on any atom is 0.317 e. The quantitative estimate of drug-likeness (QED) is 0.118. The number of benzene rings is 2. The number of aliphatic carboxylic acids is 1. The van der Waals surface area contributed by atoms with Gasteiger partial charge in [-0.05, 0) is 18.2 Å². The van der Waals surface area contributed by atoms with Gasteiger partial charge in [-0.25, -0.2) is 0 Å². The molecule has 14 heteroatoms. The SMILES string of the molecule is O=C(O)CC(=O)OC[C@@H]1O[C@@H](Oc2cc(O)c3c(=O)cc(-c4ccc(O)c(O)c4)oc3c2)[C@H](O)[C@@H](O)[C@@H]1O. The summed E-state index contributed by atoms with van der Waals surface area (Å²) in [5.41, 5.74) is -0.581. The molecule has 7 N–H and O–H groups in total. The van der Waals surface area contributed by atoms with Gasteiger partial charge in [-0.1, -0.05) is 0 Å². The highest BCUT2D eigenvalue weighted by Gasteiger charge is 2.45. The minimum atomic E-state index is -1.82. The van der Waals surface area contributed by atoms with Gasteiger partial charge in [-0.2, -0.15) is 0 Å². The number of hydrogen-bond donors (Lipinski definition) is 7. The molecule has 0 saturated carbocycles. The zero-order chi connectivity index (χ0) is 27.7. The first-order chi connectivity index (χ1) is 17.9. The van der Waals surface area contributed by atoms with Crippen LogP contribution in [0.25, 0.3) is 22.3 Å². The van der Waals surface area contributed by atoms with E-state index in [9.17, 15) is 45.0 Å². The van der Waals surface area contributed by atoms with Crippen LogP contribution in [0.15, 0.2) is 45.6 Å². The first-order valence-corrected chi connectivity index (χ1v) is 11.0. The largest absolute Gasteiger partial charge is 0.507 e.